The second-order valence-electron chi connectivity index (χ2n) is 8.49. The van der Waals surface area contributed by atoms with Gasteiger partial charge in [-0.3, -0.25) is 9.78 Å². The summed E-state index contributed by atoms with van der Waals surface area (Å²) in [5, 5.41) is 14.2. The van der Waals surface area contributed by atoms with Gasteiger partial charge in [0.2, 0.25) is 0 Å². The standard InChI is InChI=1S/C24H25FN4O4/c25-17-11-19-18(26-13-17)1-2-23(30)29(19)8-5-16-3-6-24(31,7-4-16)15-28-22-12-20-21(14-27-22)33-10-9-32-20/h1-2,5,11-14,31H,3-4,6-10,15H2,(H,27,28). The Morgan fingerprint density at radius 2 is 1.91 bits per heavy atom. The number of rotatable bonds is 5. The summed E-state index contributed by atoms with van der Waals surface area (Å²) in [4.78, 5) is 20.7. The van der Waals surface area contributed by atoms with Crippen molar-refractivity contribution in [2.45, 2.75) is 37.8 Å². The number of pyridine rings is 3. The lowest BCUT2D eigenvalue weighted by Gasteiger charge is -2.33. The first-order chi connectivity index (χ1) is 16.0. The number of hydrogen-bond donors (Lipinski definition) is 2. The Kier molecular flexibility index (Phi) is 5.72. The van der Waals surface area contributed by atoms with Gasteiger partial charge in [-0.15, -0.1) is 0 Å². The molecule has 0 atom stereocenters. The largest absolute Gasteiger partial charge is 0.486 e. The van der Waals surface area contributed by atoms with Gasteiger partial charge in [0, 0.05) is 31.3 Å². The van der Waals surface area contributed by atoms with Gasteiger partial charge >= 0.3 is 0 Å². The fourth-order valence-electron chi connectivity index (χ4n) is 4.27. The molecular formula is C24H25FN4O4. The van der Waals surface area contributed by atoms with E-state index in [9.17, 15) is 14.3 Å². The van der Waals surface area contributed by atoms with Crippen molar-refractivity contribution < 1.29 is 19.0 Å². The third kappa shape index (κ3) is 4.68. The molecule has 1 saturated carbocycles. The number of fused-ring (bicyclic) bond motifs is 2. The van der Waals surface area contributed by atoms with E-state index in [0.29, 0.717) is 67.5 Å². The van der Waals surface area contributed by atoms with Crippen LogP contribution in [0.4, 0.5) is 10.2 Å². The van der Waals surface area contributed by atoms with Gasteiger partial charge in [0.1, 0.15) is 24.8 Å². The Balaban J connectivity index is 1.21. The molecule has 1 aliphatic carbocycles. The zero-order chi connectivity index (χ0) is 22.8. The van der Waals surface area contributed by atoms with Crippen LogP contribution in [0, 0.1) is 5.82 Å². The summed E-state index contributed by atoms with van der Waals surface area (Å²) in [5.41, 5.74) is 1.17. The zero-order valence-electron chi connectivity index (χ0n) is 18.1. The maximum absolute atomic E-state index is 13.7. The van der Waals surface area contributed by atoms with E-state index in [1.165, 1.54) is 22.3 Å². The van der Waals surface area contributed by atoms with Crippen LogP contribution in [0.3, 0.4) is 0 Å². The molecule has 5 rings (SSSR count). The van der Waals surface area contributed by atoms with Crippen LogP contribution in [-0.4, -0.2) is 45.0 Å². The summed E-state index contributed by atoms with van der Waals surface area (Å²) >= 11 is 0. The van der Waals surface area contributed by atoms with Gasteiger partial charge in [-0.25, -0.2) is 9.37 Å². The molecule has 1 aliphatic heterocycles. The van der Waals surface area contributed by atoms with Crippen molar-refractivity contribution in [1.82, 2.24) is 14.5 Å². The number of nitrogens with one attached hydrogen (secondary N) is 1. The monoisotopic (exact) mass is 452 g/mol. The quantitative estimate of drug-likeness (QED) is 0.574. The minimum atomic E-state index is -0.852. The molecule has 2 N–H and O–H groups in total. The number of anilines is 1. The predicted octanol–water partition coefficient (Wildman–Crippen LogP) is 3.05. The van der Waals surface area contributed by atoms with Crippen molar-refractivity contribution in [2.75, 3.05) is 25.1 Å². The molecule has 0 radical (unpaired) electrons. The summed E-state index contributed by atoms with van der Waals surface area (Å²) in [5.74, 6) is 1.43. The van der Waals surface area contributed by atoms with E-state index >= 15 is 0 Å². The highest BCUT2D eigenvalue weighted by Gasteiger charge is 2.31. The molecule has 33 heavy (non-hydrogen) atoms. The van der Waals surface area contributed by atoms with Gasteiger partial charge in [-0.2, -0.15) is 0 Å². The molecule has 8 nitrogen and oxygen atoms in total. The molecule has 0 unspecified atom stereocenters. The fourth-order valence-corrected chi connectivity index (χ4v) is 4.27. The zero-order valence-corrected chi connectivity index (χ0v) is 18.1. The van der Waals surface area contributed by atoms with E-state index in [0.717, 1.165) is 19.0 Å². The summed E-state index contributed by atoms with van der Waals surface area (Å²) in [6, 6.07) is 6.17. The number of ether oxygens (including phenoxy) is 2. The van der Waals surface area contributed by atoms with Gasteiger partial charge in [0.05, 0.1) is 29.0 Å². The van der Waals surface area contributed by atoms with E-state index in [-0.39, 0.29) is 5.56 Å². The third-order valence-electron chi connectivity index (χ3n) is 6.22. The SMILES string of the molecule is O=c1ccc2ncc(F)cc2n1CC=C1CCC(O)(CNc2cc3c(cn2)OCCO3)CC1. The fraction of sp³-hybridized carbons (Fsp3) is 0.375. The highest BCUT2D eigenvalue weighted by molar-refractivity contribution is 5.74. The summed E-state index contributed by atoms with van der Waals surface area (Å²) < 4.78 is 26.2. The van der Waals surface area contributed by atoms with Crippen molar-refractivity contribution in [2.24, 2.45) is 0 Å². The number of allylic oxidation sites excluding steroid dienone is 2. The van der Waals surface area contributed by atoms with Crippen LogP contribution in [0.15, 0.2) is 53.1 Å². The molecule has 4 heterocycles. The average molecular weight is 452 g/mol. The number of aliphatic hydroxyl groups is 1. The molecule has 0 aromatic carbocycles. The van der Waals surface area contributed by atoms with Crippen molar-refractivity contribution >= 4 is 16.9 Å². The van der Waals surface area contributed by atoms with Gasteiger partial charge in [-0.05, 0) is 31.7 Å². The molecule has 172 valence electrons. The molecule has 0 saturated heterocycles. The highest BCUT2D eigenvalue weighted by Crippen LogP contribution is 2.34. The van der Waals surface area contributed by atoms with Gasteiger partial charge in [0.25, 0.3) is 5.56 Å². The Bertz CT molecular complexity index is 1260. The summed E-state index contributed by atoms with van der Waals surface area (Å²) in [7, 11) is 0. The normalized spacial score (nSPS) is 20.0. The van der Waals surface area contributed by atoms with Gasteiger partial charge in [0.15, 0.2) is 11.5 Å². The Morgan fingerprint density at radius 3 is 2.73 bits per heavy atom. The van der Waals surface area contributed by atoms with Gasteiger partial charge < -0.3 is 24.5 Å². The van der Waals surface area contributed by atoms with Crippen LogP contribution in [0.25, 0.3) is 11.0 Å². The van der Waals surface area contributed by atoms with E-state index in [4.69, 9.17) is 9.47 Å². The number of hydrogen-bond acceptors (Lipinski definition) is 7. The molecule has 9 heteroatoms. The predicted molar refractivity (Wildman–Crippen MR) is 121 cm³/mol. The van der Waals surface area contributed by atoms with E-state index in [1.54, 1.807) is 18.3 Å². The minimum absolute atomic E-state index is 0.199. The second kappa shape index (κ2) is 8.82. The maximum atomic E-state index is 13.7. The van der Waals surface area contributed by atoms with Crippen LogP contribution in [0.1, 0.15) is 25.7 Å². The maximum Gasteiger partial charge on any atom is 0.251 e. The Hall–Kier alpha value is -3.46. The average Bonchev–Trinajstić information content (AvgIpc) is 2.83. The van der Waals surface area contributed by atoms with Crippen LogP contribution in [0.5, 0.6) is 11.5 Å². The van der Waals surface area contributed by atoms with Crippen LogP contribution < -0.4 is 20.3 Å². The second-order valence-corrected chi connectivity index (χ2v) is 8.49. The molecule has 1 fully saturated rings. The Labute approximate surface area is 189 Å². The first-order valence-electron chi connectivity index (χ1n) is 11.0. The van der Waals surface area contributed by atoms with Crippen molar-refractivity contribution in [3.63, 3.8) is 0 Å². The first-order valence-corrected chi connectivity index (χ1v) is 11.0. The van der Waals surface area contributed by atoms with Crippen LogP contribution >= 0.6 is 0 Å². The molecular weight excluding hydrogens is 427 g/mol. The van der Waals surface area contributed by atoms with Crippen LogP contribution in [-0.2, 0) is 6.54 Å². The number of halogens is 1. The first kappa shape index (κ1) is 21.4. The lowest BCUT2D eigenvalue weighted by molar-refractivity contribution is 0.0266. The van der Waals surface area contributed by atoms with Crippen LogP contribution in [0.2, 0.25) is 0 Å². The van der Waals surface area contributed by atoms with Crippen molar-refractivity contribution in [3.8, 4) is 11.5 Å². The third-order valence-corrected chi connectivity index (χ3v) is 6.22. The molecule has 2 aliphatic rings. The van der Waals surface area contributed by atoms with E-state index in [2.05, 4.69) is 15.3 Å². The number of aromatic nitrogens is 3. The van der Waals surface area contributed by atoms with Crippen molar-refractivity contribution in [1.29, 1.82) is 0 Å². The molecule has 3 aromatic rings. The molecule has 0 bridgehead atoms. The van der Waals surface area contributed by atoms with Crippen molar-refractivity contribution in [3.05, 3.63) is 64.5 Å². The number of nitrogens with zero attached hydrogens (tertiary/aromatic N) is 3. The lowest BCUT2D eigenvalue weighted by Crippen LogP contribution is -2.39. The molecule has 3 aromatic heterocycles. The molecule has 0 amide bonds. The smallest absolute Gasteiger partial charge is 0.251 e. The summed E-state index contributed by atoms with van der Waals surface area (Å²) in [6.45, 7) is 1.74. The summed E-state index contributed by atoms with van der Waals surface area (Å²) in [6.07, 6.45) is 7.40. The lowest BCUT2D eigenvalue weighted by atomic mass is 9.82. The van der Waals surface area contributed by atoms with E-state index in [1.807, 2.05) is 6.08 Å². The minimum Gasteiger partial charge on any atom is -0.486 e. The highest BCUT2D eigenvalue weighted by atomic mass is 19.1. The topological polar surface area (TPSA) is 98.5 Å². The van der Waals surface area contributed by atoms with Gasteiger partial charge in [-0.1, -0.05) is 11.6 Å². The Morgan fingerprint density at radius 1 is 1.12 bits per heavy atom. The van der Waals surface area contributed by atoms with E-state index < -0.39 is 11.4 Å². The molecule has 0 spiro atoms.